The molecule has 1 aromatic rings. The van der Waals surface area contributed by atoms with Crippen LogP contribution in [0, 0.1) is 11.6 Å². The maximum atomic E-state index is 12.8. The van der Waals surface area contributed by atoms with Gasteiger partial charge in [-0.05, 0) is 17.7 Å². The van der Waals surface area contributed by atoms with Crippen molar-refractivity contribution in [1.82, 2.24) is 5.32 Å². The number of hydrogen-bond acceptors (Lipinski definition) is 3. The Balaban J connectivity index is 2.65. The van der Waals surface area contributed by atoms with E-state index in [0.717, 1.165) is 12.1 Å². The van der Waals surface area contributed by atoms with Crippen LogP contribution in [0.15, 0.2) is 18.2 Å². The van der Waals surface area contributed by atoms with Crippen LogP contribution in [0.5, 0.6) is 0 Å². The van der Waals surface area contributed by atoms with Crippen molar-refractivity contribution in [3.8, 4) is 0 Å². The van der Waals surface area contributed by atoms with Crippen molar-refractivity contribution < 1.29 is 28.6 Å². The maximum Gasteiger partial charge on any atom is 0.353 e. The molecule has 1 atom stereocenters. The summed E-state index contributed by atoms with van der Waals surface area (Å²) in [4.78, 5) is 21.4. The molecule has 92 valence electrons. The Kier molecular flexibility index (Phi) is 4.11. The number of carboxylic acids is 1. The molecule has 0 saturated heterocycles. The summed E-state index contributed by atoms with van der Waals surface area (Å²) in [5.74, 6) is -4.16. The number of halogens is 2. The van der Waals surface area contributed by atoms with Gasteiger partial charge in [0.2, 0.25) is 12.1 Å². The zero-order valence-electron chi connectivity index (χ0n) is 8.48. The third kappa shape index (κ3) is 4.15. The van der Waals surface area contributed by atoms with Crippen LogP contribution in [-0.4, -0.2) is 28.3 Å². The van der Waals surface area contributed by atoms with E-state index >= 15 is 0 Å². The molecule has 0 aliphatic rings. The van der Waals surface area contributed by atoms with Crippen LogP contribution in [-0.2, 0) is 16.0 Å². The molecule has 0 aliphatic heterocycles. The number of aliphatic hydroxyl groups is 1. The lowest BCUT2D eigenvalue weighted by atomic mass is 10.1. The molecule has 0 aliphatic carbocycles. The molecule has 0 unspecified atom stereocenters. The summed E-state index contributed by atoms with van der Waals surface area (Å²) in [5, 5.41) is 18.8. The molecule has 17 heavy (non-hydrogen) atoms. The second-order valence-electron chi connectivity index (χ2n) is 3.26. The lowest BCUT2D eigenvalue weighted by Gasteiger charge is -2.08. The van der Waals surface area contributed by atoms with Crippen molar-refractivity contribution in [2.24, 2.45) is 0 Å². The zero-order chi connectivity index (χ0) is 13.0. The van der Waals surface area contributed by atoms with E-state index in [0.29, 0.717) is 6.07 Å². The zero-order valence-corrected chi connectivity index (χ0v) is 8.48. The van der Waals surface area contributed by atoms with Crippen LogP contribution in [0.25, 0.3) is 0 Å². The molecule has 0 fully saturated rings. The molecule has 0 bridgehead atoms. The summed E-state index contributed by atoms with van der Waals surface area (Å²) in [7, 11) is 0. The van der Waals surface area contributed by atoms with E-state index in [1.807, 2.05) is 0 Å². The number of carbonyl (C=O) groups is 2. The standard InChI is InChI=1S/C10H9F2NO4/c11-6-1-5(2-7(12)4-6)3-8(14)13-9(15)10(16)17/h1-2,4,9,15H,3H2,(H,13,14)(H,16,17)/t9-/m1/s1. The Hall–Kier alpha value is -2.02. The summed E-state index contributed by atoms with van der Waals surface area (Å²) < 4.78 is 25.5. The maximum absolute atomic E-state index is 12.8. The van der Waals surface area contributed by atoms with Gasteiger partial charge in [-0.25, -0.2) is 13.6 Å². The number of amides is 1. The van der Waals surface area contributed by atoms with Gasteiger partial charge in [0, 0.05) is 6.07 Å². The highest BCUT2D eigenvalue weighted by atomic mass is 19.1. The van der Waals surface area contributed by atoms with Crippen LogP contribution >= 0.6 is 0 Å². The molecular weight excluding hydrogens is 236 g/mol. The van der Waals surface area contributed by atoms with Crippen LogP contribution in [0.1, 0.15) is 5.56 Å². The van der Waals surface area contributed by atoms with E-state index in [2.05, 4.69) is 0 Å². The largest absolute Gasteiger partial charge is 0.478 e. The summed E-state index contributed by atoms with van der Waals surface area (Å²) in [6.45, 7) is 0. The number of benzene rings is 1. The molecule has 7 heteroatoms. The molecule has 1 aromatic carbocycles. The SMILES string of the molecule is O=C(Cc1cc(F)cc(F)c1)N[C@H](O)C(=O)O. The first-order valence-corrected chi connectivity index (χ1v) is 4.53. The smallest absolute Gasteiger partial charge is 0.353 e. The highest BCUT2D eigenvalue weighted by molar-refractivity contribution is 5.83. The van der Waals surface area contributed by atoms with Gasteiger partial charge in [-0.3, -0.25) is 4.79 Å². The Morgan fingerprint density at radius 3 is 2.24 bits per heavy atom. The van der Waals surface area contributed by atoms with Gasteiger partial charge in [0.15, 0.2) is 0 Å². The van der Waals surface area contributed by atoms with Gasteiger partial charge in [-0.15, -0.1) is 0 Å². The molecule has 0 radical (unpaired) electrons. The van der Waals surface area contributed by atoms with Crippen molar-refractivity contribution >= 4 is 11.9 Å². The molecular formula is C10H9F2NO4. The fourth-order valence-corrected chi connectivity index (χ4v) is 1.16. The number of carbonyl (C=O) groups excluding carboxylic acids is 1. The molecule has 0 heterocycles. The van der Waals surface area contributed by atoms with Crippen LogP contribution < -0.4 is 5.32 Å². The Bertz CT molecular complexity index is 430. The number of rotatable bonds is 4. The third-order valence-corrected chi connectivity index (χ3v) is 1.82. The fourth-order valence-electron chi connectivity index (χ4n) is 1.16. The topological polar surface area (TPSA) is 86.6 Å². The molecule has 1 amide bonds. The number of hydrogen-bond donors (Lipinski definition) is 3. The summed E-state index contributed by atoms with van der Waals surface area (Å²) in [5.41, 5.74) is 0.0394. The van der Waals surface area contributed by atoms with E-state index in [1.165, 1.54) is 0 Å². The van der Waals surface area contributed by atoms with Crippen molar-refractivity contribution in [3.63, 3.8) is 0 Å². The summed E-state index contributed by atoms with van der Waals surface area (Å²) >= 11 is 0. The van der Waals surface area contributed by atoms with Crippen LogP contribution in [0.3, 0.4) is 0 Å². The minimum Gasteiger partial charge on any atom is -0.478 e. The first kappa shape index (κ1) is 13.0. The highest BCUT2D eigenvalue weighted by Gasteiger charge is 2.16. The minimum absolute atomic E-state index is 0.0394. The van der Waals surface area contributed by atoms with Gasteiger partial charge in [-0.2, -0.15) is 0 Å². The number of aliphatic carboxylic acids is 1. The molecule has 0 aromatic heterocycles. The second kappa shape index (κ2) is 5.35. The average Bonchev–Trinajstić information content (AvgIpc) is 2.14. The third-order valence-electron chi connectivity index (χ3n) is 1.82. The van der Waals surface area contributed by atoms with Gasteiger partial charge < -0.3 is 15.5 Å². The van der Waals surface area contributed by atoms with E-state index < -0.39 is 36.2 Å². The summed E-state index contributed by atoms with van der Waals surface area (Å²) in [6, 6.07) is 2.53. The molecule has 0 spiro atoms. The van der Waals surface area contributed by atoms with E-state index in [9.17, 15) is 18.4 Å². The quantitative estimate of drug-likeness (QED) is 0.653. The van der Waals surface area contributed by atoms with Crippen molar-refractivity contribution in [1.29, 1.82) is 0 Å². The monoisotopic (exact) mass is 245 g/mol. The normalized spacial score (nSPS) is 11.9. The van der Waals surface area contributed by atoms with Gasteiger partial charge in [0.1, 0.15) is 11.6 Å². The van der Waals surface area contributed by atoms with Gasteiger partial charge in [0.05, 0.1) is 6.42 Å². The van der Waals surface area contributed by atoms with E-state index in [-0.39, 0.29) is 5.56 Å². The lowest BCUT2D eigenvalue weighted by molar-refractivity contribution is -0.151. The van der Waals surface area contributed by atoms with Crippen molar-refractivity contribution in [2.75, 3.05) is 0 Å². The van der Waals surface area contributed by atoms with Crippen molar-refractivity contribution in [2.45, 2.75) is 12.6 Å². The number of aliphatic hydroxyl groups excluding tert-OH is 1. The Morgan fingerprint density at radius 2 is 1.76 bits per heavy atom. The first-order chi connectivity index (χ1) is 7.88. The Labute approximate surface area is 94.7 Å². The average molecular weight is 245 g/mol. The van der Waals surface area contributed by atoms with Gasteiger partial charge in [-0.1, -0.05) is 0 Å². The second-order valence-corrected chi connectivity index (χ2v) is 3.26. The fraction of sp³-hybridized carbons (Fsp3) is 0.200. The lowest BCUT2D eigenvalue weighted by Crippen LogP contribution is -2.41. The first-order valence-electron chi connectivity index (χ1n) is 4.53. The van der Waals surface area contributed by atoms with Gasteiger partial charge >= 0.3 is 5.97 Å². The number of carboxylic acid groups (broad SMARTS) is 1. The highest BCUT2D eigenvalue weighted by Crippen LogP contribution is 2.08. The molecule has 1 rings (SSSR count). The minimum atomic E-state index is -2.04. The van der Waals surface area contributed by atoms with E-state index in [1.54, 1.807) is 5.32 Å². The van der Waals surface area contributed by atoms with E-state index in [4.69, 9.17) is 10.2 Å². The predicted molar refractivity (Wildman–Crippen MR) is 51.8 cm³/mol. The molecule has 5 nitrogen and oxygen atoms in total. The summed E-state index contributed by atoms with van der Waals surface area (Å²) in [6.07, 6.45) is -2.47. The molecule has 3 N–H and O–H groups in total. The van der Waals surface area contributed by atoms with Crippen LogP contribution in [0.2, 0.25) is 0 Å². The Morgan fingerprint density at radius 1 is 1.24 bits per heavy atom. The number of nitrogens with one attached hydrogen (secondary N) is 1. The predicted octanol–water partition coefficient (Wildman–Crippen LogP) is 0.0265. The van der Waals surface area contributed by atoms with Crippen molar-refractivity contribution in [3.05, 3.63) is 35.4 Å². The van der Waals surface area contributed by atoms with Gasteiger partial charge in [0.25, 0.3) is 0 Å². The molecule has 0 saturated carbocycles. The van der Waals surface area contributed by atoms with Crippen LogP contribution in [0.4, 0.5) is 8.78 Å².